The van der Waals surface area contributed by atoms with Gasteiger partial charge in [-0.05, 0) is 18.6 Å². The molecule has 1 aromatic rings. The van der Waals surface area contributed by atoms with Crippen LogP contribution in [0.3, 0.4) is 0 Å². The molecule has 114 valence electrons. The monoisotopic (exact) mass is 292 g/mol. The zero-order valence-corrected chi connectivity index (χ0v) is 12.4. The molecule has 0 saturated carbocycles. The second kappa shape index (κ2) is 5.57. The largest absolute Gasteiger partial charge is 0.350 e. The Bertz CT molecular complexity index is 511. The molecule has 2 aliphatic rings. The quantitative estimate of drug-likeness (QED) is 0.792. The summed E-state index contributed by atoms with van der Waals surface area (Å²) < 4.78 is 11.5. The van der Waals surface area contributed by atoms with Crippen molar-refractivity contribution in [1.29, 1.82) is 0 Å². The molecular formula is C14H20N4O3. The lowest BCUT2D eigenvalue weighted by atomic mass is 10.0. The summed E-state index contributed by atoms with van der Waals surface area (Å²) in [6, 6.07) is 3.54. The first-order valence-corrected chi connectivity index (χ1v) is 7.18. The smallest absolute Gasteiger partial charge is 0.273 e. The molecule has 3 rings (SSSR count). The molecule has 0 aliphatic carbocycles. The maximum absolute atomic E-state index is 11.8. The summed E-state index contributed by atoms with van der Waals surface area (Å²) in [7, 11) is 3.39. The molecule has 7 heteroatoms. The van der Waals surface area contributed by atoms with Crippen molar-refractivity contribution in [2.24, 2.45) is 0 Å². The minimum atomic E-state index is -0.488. The van der Waals surface area contributed by atoms with Crippen LogP contribution >= 0.6 is 0 Å². The van der Waals surface area contributed by atoms with Gasteiger partial charge < -0.3 is 19.3 Å². The number of ether oxygens (including phenoxy) is 2. The van der Waals surface area contributed by atoms with Crippen molar-refractivity contribution in [1.82, 2.24) is 15.1 Å². The van der Waals surface area contributed by atoms with E-state index in [1.165, 1.54) is 4.90 Å². The van der Waals surface area contributed by atoms with Gasteiger partial charge in [0, 0.05) is 27.1 Å². The number of piperidine rings is 1. The van der Waals surface area contributed by atoms with Crippen molar-refractivity contribution in [2.75, 3.05) is 45.3 Å². The molecule has 0 unspecified atom stereocenters. The topological polar surface area (TPSA) is 67.8 Å². The molecular weight excluding hydrogens is 272 g/mol. The number of rotatable bonds is 2. The van der Waals surface area contributed by atoms with Crippen LogP contribution in [0.15, 0.2) is 12.1 Å². The van der Waals surface area contributed by atoms with Crippen LogP contribution in [-0.2, 0) is 9.47 Å². The Balaban J connectivity index is 1.73. The predicted octanol–water partition coefficient (Wildman–Crippen LogP) is 0.522. The molecule has 1 amide bonds. The number of hydrogen-bond acceptors (Lipinski definition) is 6. The van der Waals surface area contributed by atoms with Crippen LogP contribution in [0.2, 0.25) is 0 Å². The molecule has 1 spiro atoms. The molecule has 0 N–H and O–H groups in total. The minimum absolute atomic E-state index is 0.147. The number of aromatic nitrogens is 2. The number of anilines is 1. The van der Waals surface area contributed by atoms with E-state index in [1.807, 2.05) is 6.07 Å². The molecule has 2 saturated heterocycles. The zero-order chi connectivity index (χ0) is 14.9. The highest BCUT2D eigenvalue weighted by molar-refractivity contribution is 5.91. The zero-order valence-electron chi connectivity index (χ0n) is 12.4. The van der Waals surface area contributed by atoms with Crippen LogP contribution in [0.1, 0.15) is 23.3 Å². The van der Waals surface area contributed by atoms with Crippen LogP contribution < -0.4 is 4.90 Å². The number of carbonyl (C=O) groups excluding carboxylic acids is 1. The molecule has 2 fully saturated rings. The number of carbonyl (C=O) groups is 1. The van der Waals surface area contributed by atoms with E-state index in [9.17, 15) is 4.79 Å². The van der Waals surface area contributed by atoms with Gasteiger partial charge in [0.15, 0.2) is 17.3 Å². The Morgan fingerprint density at radius 2 is 2.05 bits per heavy atom. The summed E-state index contributed by atoms with van der Waals surface area (Å²) in [5, 5.41) is 8.20. The van der Waals surface area contributed by atoms with Crippen LogP contribution in [0.25, 0.3) is 0 Å². The molecule has 7 nitrogen and oxygen atoms in total. The highest BCUT2D eigenvalue weighted by Crippen LogP contribution is 2.31. The van der Waals surface area contributed by atoms with E-state index in [4.69, 9.17) is 9.47 Å². The fourth-order valence-electron chi connectivity index (χ4n) is 2.75. The van der Waals surface area contributed by atoms with Gasteiger partial charge in [-0.25, -0.2) is 0 Å². The third kappa shape index (κ3) is 2.84. The molecule has 1 aromatic heterocycles. The normalized spacial score (nSPS) is 20.8. The average Bonchev–Trinajstić information content (AvgIpc) is 2.94. The van der Waals surface area contributed by atoms with Crippen LogP contribution in [0.4, 0.5) is 5.82 Å². The van der Waals surface area contributed by atoms with Gasteiger partial charge in [-0.15, -0.1) is 10.2 Å². The fourth-order valence-corrected chi connectivity index (χ4v) is 2.75. The summed E-state index contributed by atoms with van der Waals surface area (Å²) in [5.41, 5.74) is 0.351. The van der Waals surface area contributed by atoms with E-state index in [1.54, 1.807) is 20.2 Å². The van der Waals surface area contributed by atoms with Crippen molar-refractivity contribution in [3.8, 4) is 0 Å². The van der Waals surface area contributed by atoms with Gasteiger partial charge in [-0.3, -0.25) is 4.79 Å². The molecule has 21 heavy (non-hydrogen) atoms. The molecule has 0 atom stereocenters. The van der Waals surface area contributed by atoms with E-state index in [-0.39, 0.29) is 5.91 Å². The number of hydrogen-bond donors (Lipinski definition) is 0. The molecule has 0 radical (unpaired) electrons. The van der Waals surface area contributed by atoms with Crippen molar-refractivity contribution >= 4 is 11.7 Å². The van der Waals surface area contributed by atoms with Crippen molar-refractivity contribution in [2.45, 2.75) is 18.6 Å². The second-order valence-corrected chi connectivity index (χ2v) is 5.61. The van der Waals surface area contributed by atoms with Gasteiger partial charge >= 0.3 is 0 Å². The molecule has 2 aliphatic heterocycles. The predicted molar refractivity (Wildman–Crippen MR) is 76.1 cm³/mol. The summed E-state index contributed by atoms with van der Waals surface area (Å²) >= 11 is 0. The minimum Gasteiger partial charge on any atom is -0.350 e. The van der Waals surface area contributed by atoms with E-state index in [2.05, 4.69) is 15.1 Å². The van der Waals surface area contributed by atoms with Gasteiger partial charge in [0.05, 0.1) is 19.8 Å². The van der Waals surface area contributed by atoms with Gasteiger partial charge in [-0.1, -0.05) is 0 Å². The summed E-state index contributed by atoms with van der Waals surface area (Å²) in [6.45, 7) is 2.85. The molecule has 0 bridgehead atoms. The Labute approximate surface area is 123 Å². The lowest BCUT2D eigenvalue weighted by Crippen LogP contribution is -2.49. The summed E-state index contributed by atoms with van der Waals surface area (Å²) in [4.78, 5) is 15.4. The Hall–Kier alpha value is -1.73. The molecule has 3 heterocycles. The highest BCUT2D eigenvalue weighted by Gasteiger charge is 2.41. The van der Waals surface area contributed by atoms with Crippen molar-refractivity contribution < 1.29 is 14.3 Å². The Kier molecular flexibility index (Phi) is 3.77. The van der Waals surface area contributed by atoms with Gasteiger partial charge in [0.2, 0.25) is 0 Å². The summed E-state index contributed by atoms with van der Waals surface area (Å²) in [5.74, 6) is 0.119. The first kappa shape index (κ1) is 14.2. The maximum atomic E-state index is 11.8. The van der Waals surface area contributed by atoms with Crippen LogP contribution in [0.5, 0.6) is 0 Å². The third-order valence-corrected chi connectivity index (χ3v) is 3.83. The standard InChI is InChI=1S/C14H20N4O3/c1-17(2)13(19)11-4-5-12(16-15-11)18-7-3-6-14(10-18)20-8-9-21-14/h4-5H,3,6-10H2,1-2H3. The van der Waals surface area contributed by atoms with Crippen molar-refractivity contribution in [3.63, 3.8) is 0 Å². The molecule has 0 aromatic carbocycles. The van der Waals surface area contributed by atoms with E-state index >= 15 is 0 Å². The van der Waals surface area contributed by atoms with Gasteiger partial charge in [-0.2, -0.15) is 0 Å². The van der Waals surface area contributed by atoms with E-state index in [0.717, 1.165) is 25.2 Å². The fraction of sp³-hybridized carbons (Fsp3) is 0.643. The second-order valence-electron chi connectivity index (χ2n) is 5.61. The SMILES string of the molecule is CN(C)C(=O)c1ccc(N2CCCC3(C2)OCCO3)nn1. The van der Waals surface area contributed by atoms with Gasteiger partial charge in [0.25, 0.3) is 5.91 Å². The maximum Gasteiger partial charge on any atom is 0.273 e. The van der Waals surface area contributed by atoms with Gasteiger partial charge in [0.1, 0.15) is 0 Å². The van der Waals surface area contributed by atoms with Crippen LogP contribution in [-0.4, -0.2) is 67.2 Å². The number of amides is 1. The lowest BCUT2D eigenvalue weighted by molar-refractivity contribution is -0.161. The first-order valence-electron chi connectivity index (χ1n) is 7.18. The van der Waals surface area contributed by atoms with E-state index in [0.29, 0.717) is 25.5 Å². The third-order valence-electron chi connectivity index (χ3n) is 3.83. The van der Waals surface area contributed by atoms with E-state index < -0.39 is 5.79 Å². The first-order chi connectivity index (χ1) is 10.1. The van der Waals surface area contributed by atoms with Crippen LogP contribution in [0, 0.1) is 0 Å². The Morgan fingerprint density at radius 3 is 2.67 bits per heavy atom. The highest BCUT2D eigenvalue weighted by atomic mass is 16.7. The van der Waals surface area contributed by atoms with Crippen molar-refractivity contribution in [3.05, 3.63) is 17.8 Å². The summed E-state index contributed by atoms with van der Waals surface area (Å²) in [6.07, 6.45) is 1.90. The number of nitrogens with zero attached hydrogens (tertiary/aromatic N) is 4. The average molecular weight is 292 g/mol. The lowest BCUT2D eigenvalue weighted by Gasteiger charge is -2.38. The Morgan fingerprint density at radius 1 is 1.29 bits per heavy atom.